The molecule has 4 aromatic carbocycles. The standard InChI is InChI=1S/C36H34N2O2P2S2/c39-41(25-33(29-15-5-1-6-16-29)43-34(26-41)30-17-7-2-8-18-30)37-23-13-14-24-38-42(40)27-35(31-19-9-3-10-20-31)44-36(28-42)32-21-11-4-12-22-32/h1-12,15-22,25-28H,13-14,23-24H2,(H,37,39)(H,38,40). The van der Waals surface area contributed by atoms with Gasteiger partial charge in [0.2, 0.25) is 0 Å². The van der Waals surface area contributed by atoms with Crippen LogP contribution < -0.4 is 10.2 Å². The van der Waals surface area contributed by atoms with Crippen LogP contribution >= 0.6 is 38.1 Å². The summed E-state index contributed by atoms with van der Waals surface area (Å²) in [6.45, 7) is 1.19. The molecule has 0 aliphatic carbocycles. The van der Waals surface area contributed by atoms with E-state index in [4.69, 9.17) is 0 Å². The minimum Gasteiger partial charge on any atom is -0.298 e. The molecule has 0 unspecified atom stereocenters. The average Bonchev–Trinajstić information content (AvgIpc) is 3.07. The van der Waals surface area contributed by atoms with Crippen molar-refractivity contribution in [1.82, 2.24) is 10.2 Å². The second-order valence-electron chi connectivity index (χ2n) is 10.6. The van der Waals surface area contributed by atoms with E-state index >= 15 is 0 Å². The molecule has 6 rings (SSSR count). The van der Waals surface area contributed by atoms with Gasteiger partial charge in [-0.25, -0.2) is 0 Å². The fourth-order valence-electron chi connectivity index (χ4n) is 5.00. The van der Waals surface area contributed by atoms with Crippen molar-refractivity contribution in [2.75, 3.05) is 13.1 Å². The number of thioether (sulfide) groups is 2. The SMILES string of the molecule is O=P1(NCCCCNP2(=O)C=C(c3ccccc3)SC(c3ccccc3)=C2)C=C(c2ccccc2)SC(c2ccccc2)=C1. The molecular formula is C36H34N2O2P2S2. The molecule has 0 radical (unpaired) electrons. The number of benzene rings is 4. The molecule has 0 spiro atoms. The summed E-state index contributed by atoms with van der Waals surface area (Å²) in [5.41, 5.74) is 4.25. The van der Waals surface area contributed by atoms with E-state index in [2.05, 4.69) is 58.7 Å². The van der Waals surface area contributed by atoms with E-state index < -0.39 is 14.6 Å². The van der Waals surface area contributed by atoms with Crippen LogP contribution in [0.2, 0.25) is 0 Å². The van der Waals surface area contributed by atoms with E-state index in [1.807, 2.05) is 96.1 Å². The lowest BCUT2D eigenvalue weighted by Crippen LogP contribution is -2.15. The summed E-state index contributed by atoms with van der Waals surface area (Å²) in [5, 5.41) is 6.74. The van der Waals surface area contributed by atoms with Crippen LogP contribution in [0.25, 0.3) is 19.6 Å². The molecule has 44 heavy (non-hydrogen) atoms. The Bertz CT molecular complexity index is 1550. The van der Waals surface area contributed by atoms with Gasteiger partial charge in [-0.05, 0) is 35.1 Å². The highest BCUT2D eigenvalue weighted by atomic mass is 32.2. The molecule has 0 atom stereocenters. The Morgan fingerprint density at radius 3 is 0.909 bits per heavy atom. The average molecular weight is 653 g/mol. The fourth-order valence-corrected chi connectivity index (χ4v) is 12.7. The zero-order valence-corrected chi connectivity index (χ0v) is 27.6. The third-order valence-corrected chi connectivity index (χ3v) is 14.2. The highest BCUT2D eigenvalue weighted by molar-refractivity contribution is 8.18. The van der Waals surface area contributed by atoms with Gasteiger partial charge in [-0.15, -0.1) is 0 Å². The van der Waals surface area contributed by atoms with Gasteiger partial charge < -0.3 is 0 Å². The van der Waals surface area contributed by atoms with Gasteiger partial charge in [0.25, 0.3) is 0 Å². The molecular weight excluding hydrogens is 618 g/mol. The number of nitrogens with one attached hydrogen (secondary N) is 2. The molecule has 0 saturated carbocycles. The van der Waals surface area contributed by atoms with Crippen molar-refractivity contribution in [1.29, 1.82) is 0 Å². The second-order valence-corrected chi connectivity index (χ2v) is 17.3. The zero-order valence-electron chi connectivity index (χ0n) is 24.2. The Balaban J connectivity index is 1.11. The van der Waals surface area contributed by atoms with Crippen molar-refractivity contribution in [2.24, 2.45) is 0 Å². The maximum atomic E-state index is 14.1. The summed E-state index contributed by atoms with van der Waals surface area (Å²) in [6, 6.07) is 40.5. The maximum Gasteiger partial charge on any atom is 0.192 e. The van der Waals surface area contributed by atoms with Gasteiger partial charge in [-0.3, -0.25) is 19.3 Å². The molecule has 8 heteroatoms. The lowest BCUT2D eigenvalue weighted by Gasteiger charge is -2.23. The summed E-state index contributed by atoms with van der Waals surface area (Å²) in [4.78, 5) is 4.00. The minimum atomic E-state index is -2.92. The number of unbranched alkanes of at least 4 members (excludes halogenated alkanes) is 1. The highest BCUT2D eigenvalue weighted by Crippen LogP contribution is 2.59. The fraction of sp³-hybridized carbons (Fsp3) is 0.111. The Morgan fingerprint density at radius 2 is 0.659 bits per heavy atom. The van der Waals surface area contributed by atoms with Gasteiger partial charge in [0, 0.05) is 56.0 Å². The summed E-state index contributed by atoms with van der Waals surface area (Å²) < 4.78 is 28.2. The second kappa shape index (κ2) is 14.3. The van der Waals surface area contributed by atoms with E-state index in [9.17, 15) is 9.13 Å². The van der Waals surface area contributed by atoms with Crippen molar-refractivity contribution in [3.63, 3.8) is 0 Å². The van der Waals surface area contributed by atoms with E-state index in [1.54, 1.807) is 23.5 Å². The first kappa shape index (κ1) is 30.9. The van der Waals surface area contributed by atoms with Crippen LogP contribution in [0.5, 0.6) is 0 Å². The summed E-state index contributed by atoms with van der Waals surface area (Å²) in [6.07, 6.45) is 1.60. The molecule has 2 aliphatic heterocycles. The molecule has 0 bridgehead atoms. The van der Waals surface area contributed by atoms with E-state index in [1.165, 1.54) is 0 Å². The largest absolute Gasteiger partial charge is 0.298 e. The van der Waals surface area contributed by atoms with Gasteiger partial charge in [-0.1, -0.05) is 145 Å². The molecule has 0 saturated heterocycles. The smallest absolute Gasteiger partial charge is 0.192 e. The van der Waals surface area contributed by atoms with Gasteiger partial charge >= 0.3 is 0 Å². The van der Waals surface area contributed by atoms with Crippen LogP contribution in [0.15, 0.2) is 145 Å². The maximum absolute atomic E-state index is 14.1. The van der Waals surface area contributed by atoms with Gasteiger partial charge in [-0.2, -0.15) is 0 Å². The first-order chi connectivity index (χ1) is 21.5. The number of rotatable bonds is 11. The van der Waals surface area contributed by atoms with E-state index in [0.29, 0.717) is 13.1 Å². The van der Waals surface area contributed by atoms with Crippen molar-refractivity contribution in [2.45, 2.75) is 12.8 Å². The number of hydrogen-bond donors (Lipinski definition) is 2. The van der Waals surface area contributed by atoms with Crippen LogP contribution in [-0.4, -0.2) is 13.1 Å². The van der Waals surface area contributed by atoms with Crippen LogP contribution in [-0.2, 0) is 9.13 Å². The van der Waals surface area contributed by atoms with Crippen molar-refractivity contribution in [3.8, 4) is 0 Å². The molecule has 222 valence electrons. The van der Waals surface area contributed by atoms with E-state index in [-0.39, 0.29) is 0 Å². The molecule has 2 N–H and O–H groups in total. The molecule has 2 aliphatic rings. The molecule has 2 heterocycles. The monoisotopic (exact) mass is 652 g/mol. The molecule has 0 amide bonds. The predicted molar refractivity (Wildman–Crippen MR) is 193 cm³/mol. The highest BCUT2D eigenvalue weighted by Gasteiger charge is 2.27. The van der Waals surface area contributed by atoms with E-state index in [0.717, 1.165) is 54.7 Å². The third-order valence-electron chi connectivity index (χ3n) is 7.23. The van der Waals surface area contributed by atoms with Crippen LogP contribution in [0.1, 0.15) is 35.1 Å². The third kappa shape index (κ3) is 7.95. The van der Waals surface area contributed by atoms with Crippen LogP contribution in [0.4, 0.5) is 0 Å². The zero-order chi connectivity index (χ0) is 30.2. The Hall–Kier alpha value is -3.08. The molecule has 0 aromatic heterocycles. The summed E-state index contributed by atoms with van der Waals surface area (Å²) in [7, 11) is -5.84. The van der Waals surface area contributed by atoms with Crippen molar-refractivity contribution in [3.05, 3.63) is 167 Å². The van der Waals surface area contributed by atoms with Crippen molar-refractivity contribution >= 4 is 57.7 Å². The minimum absolute atomic E-state index is 0.594. The Morgan fingerprint density at radius 1 is 0.409 bits per heavy atom. The van der Waals surface area contributed by atoms with Crippen LogP contribution in [0, 0.1) is 0 Å². The topological polar surface area (TPSA) is 58.2 Å². The first-order valence-corrected chi connectivity index (χ1v) is 20.0. The lowest BCUT2D eigenvalue weighted by atomic mass is 10.2. The lowest BCUT2D eigenvalue weighted by molar-refractivity contribution is 0.568. The predicted octanol–water partition coefficient (Wildman–Crippen LogP) is 11.0. The van der Waals surface area contributed by atoms with Gasteiger partial charge in [0.15, 0.2) is 14.6 Å². The Labute approximate surface area is 268 Å². The summed E-state index contributed by atoms with van der Waals surface area (Å²) in [5.74, 6) is 7.62. The normalized spacial score (nSPS) is 17.2. The molecule has 4 nitrogen and oxygen atoms in total. The van der Waals surface area contributed by atoms with Crippen LogP contribution in [0.3, 0.4) is 0 Å². The van der Waals surface area contributed by atoms with Gasteiger partial charge in [0.05, 0.1) is 0 Å². The van der Waals surface area contributed by atoms with Gasteiger partial charge in [0.1, 0.15) is 0 Å². The summed E-state index contributed by atoms with van der Waals surface area (Å²) >= 11 is 3.31. The molecule has 4 aromatic rings. The Kier molecular flexibility index (Phi) is 10.1. The number of hydrogen-bond acceptors (Lipinski definition) is 4. The van der Waals surface area contributed by atoms with Crippen molar-refractivity contribution < 1.29 is 9.13 Å². The first-order valence-electron chi connectivity index (χ1n) is 14.7. The molecule has 0 fully saturated rings. The quantitative estimate of drug-likeness (QED) is 0.124.